The Hall–Kier alpha value is -3.18. The first kappa shape index (κ1) is 21.5. The number of rotatable bonds is 6. The molecule has 6 heteroatoms. The number of carbonyl (C=O) groups excluding carboxylic acids is 2. The zero-order valence-corrected chi connectivity index (χ0v) is 17.7. The van der Waals surface area contributed by atoms with Crippen molar-refractivity contribution in [2.75, 3.05) is 7.11 Å². The quantitative estimate of drug-likeness (QED) is 0.221. The Morgan fingerprint density at radius 3 is 2.50 bits per heavy atom. The smallest absolute Gasteiger partial charge is 0.351 e. The molecule has 0 spiro atoms. The van der Waals surface area contributed by atoms with Crippen molar-refractivity contribution in [2.24, 2.45) is 0 Å². The zero-order chi connectivity index (χ0) is 21.8. The van der Waals surface area contributed by atoms with E-state index in [9.17, 15) is 14.4 Å². The number of methoxy groups -OCH3 is 1. The molecule has 0 radical (unpaired) electrons. The average Bonchev–Trinajstić information content (AvgIpc) is 2.76. The van der Waals surface area contributed by atoms with Crippen LogP contribution < -0.4 is 5.63 Å². The van der Waals surface area contributed by atoms with Crippen LogP contribution in [0.2, 0.25) is 5.02 Å². The summed E-state index contributed by atoms with van der Waals surface area (Å²) in [4.78, 5) is 36.6. The monoisotopic (exact) mass is 424 g/mol. The molecule has 0 aliphatic heterocycles. The van der Waals surface area contributed by atoms with Gasteiger partial charge in [-0.1, -0.05) is 31.5 Å². The second-order valence-corrected chi connectivity index (χ2v) is 7.42. The fourth-order valence-corrected chi connectivity index (χ4v) is 3.23. The normalized spacial score (nSPS) is 12.3. The Kier molecular flexibility index (Phi) is 6.53. The van der Waals surface area contributed by atoms with E-state index in [2.05, 4.69) is 4.74 Å². The fourth-order valence-electron chi connectivity index (χ4n) is 3.10. The summed E-state index contributed by atoms with van der Waals surface area (Å²) in [6, 6.07) is 11.8. The van der Waals surface area contributed by atoms with E-state index in [1.165, 1.54) is 19.3 Å². The van der Waals surface area contributed by atoms with Crippen LogP contribution in [0.3, 0.4) is 0 Å². The van der Waals surface area contributed by atoms with Gasteiger partial charge in [0.2, 0.25) is 0 Å². The van der Waals surface area contributed by atoms with Crippen molar-refractivity contribution in [1.29, 1.82) is 0 Å². The summed E-state index contributed by atoms with van der Waals surface area (Å²) < 4.78 is 10.1. The van der Waals surface area contributed by atoms with E-state index >= 15 is 0 Å². The third-order valence-electron chi connectivity index (χ3n) is 4.99. The van der Waals surface area contributed by atoms with Crippen molar-refractivity contribution in [3.63, 3.8) is 0 Å². The predicted molar refractivity (Wildman–Crippen MR) is 117 cm³/mol. The van der Waals surface area contributed by atoms with Crippen LogP contribution in [-0.4, -0.2) is 18.9 Å². The number of hydrogen-bond donors (Lipinski definition) is 0. The maximum Gasteiger partial charge on any atom is 0.351 e. The molecule has 3 rings (SSSR count). The molecule has 1 heterocycles. The van der Waals surface area contributed by atoms with E-state index in [0.717, 1.165) is 17.5 Å². The van der Waals surface area contributed by atoms with Crippen molar-refractivity contribution in [3.05, 3.63) is 86.2 Å². The van der Waals surface area contributed by atoms with Gasteiger partial charge in [0.1, 0.15) is 11.1 Å². The van der Waals surface area contributed by atoms with Gasteiger partial charge in [0.25, 0.3) is 0 Å². The molecule has 0 saturated carbocycles. The average molecular weight is 425 g/mol. The number of allylic oxidation sites excluding steroid dienone is 1. The summed E-state index contributed by atoms with van der Waals surface area (Å²) in [6.45, 7) is 4.05. The Bertz CT molecular complexity index is 1190. The molecule has 0 aliphatic carbocycles. The number of benzene rings is 2. The lowest BCUT2D eigenvalue weighted by Gasteiger charge is -2.13. The summed E-state index contributed by atoms with van der Waals surface area (Å²) in [6.07, 6.45) is 4.00. The number of carbonyl (C=O) groups is 2. The third-order valence-corrected chi connectivity index (χ3v) is 5.24. The molecule has 2 aromatic carbocycles. The Labute approximate surface area is 178 Å². The molecule has 0 saturated heterocycles. The minimum atomic E-state index is -0.755. The van der Waals surface area contributed by atoms with Crippen LogP contribution >= 0.6 is 11.6 Å². The lowest BCUT2D eigenvalue weighted by molar-refractivity contribution is 0.0596. The molecular formula is C24H21ClO5. The van der Waals surface area contributed by atoms with Gasteiger partial charge in [-0.25, -0.2) is 9.59 Å². The van der Waals surface area contributed by atoms with Gasteiger partial charge in [0, 0.05) is 16.0 Å². The summed E-state index contributed by atoms with van der Waals surface area (Å²) >= 11 is 5.87. The van der Waals surface area contributed by atoms with E-state index in [0.29, 0.717) is 21.6 Å². The van der Waals surface area contributed by atoms with Gasteiger partial charge in [0.15, 0.2) is 5.78 Å². The first-order valence-corrected chi connectivity index (χ1v) is 9.90. The van der Waals surface area contributed by atoms with Gasteiger partial charge in [-0.05, 0) is 72.0 Å². The minimum absolute atomic E-state index is 0.111. The van der Waals surface area contributed by atoms with Crippen LogP contribution in [0.15, 0.2) is 57.8 Å². The van der Waals surface area contributed by atoms with Crippen LogP contribution in [0.25, 0.3) is 17.0 Å². The Morgan fingerprint density at radius 2 is 1.87 bits per heavy atom. The molecule has 0 N–H and O–H groups in total. The second kappa shape index (κ2) is 9.09. The van der Waals surface area contributed by atoms with Crippen LogP contribution in [0.5, 0.6) is 0 Å². The van der Waals surface area contributed by atoms with Crippen LogP contribution in [-0.2, 0) is 4.74 Å². The summed E-state index contributed by atoms with van der Waals surface area (Å²) in [7, 11) is 1.21. The third kappa shape index (κ3) is 4.52. The molecule has 30 heavy (non-hydrogen) atoms. The maximum absolute atomic E-state index is 12.4. The van der Waals surface area contributed by atoms with Crippen molar-refractivity contribution in [1.82, 2.24) is 0 Å². The van der Waals surface area contributed by atoms with Crippen molar-refractivity contribution >= 4 is 40.4 Å². The van der Waals surface area contributed by atoms with Gasteiger partial charge in [-0.3, -0.25) is 4.79 Å². The van der Waals surface area contributed by atoms with Crippen LogP contribution in [0.1, 0.15) is 58.0 Å². The van der Waals surface area contributed by atoms with E-state index in [4.69, 9.17) is 16.0 Å². The van der Waals surface area contributed by atoms with Crippen LogP contribution in [0.4, 0.5) is 0 Å². The van der Waals surface area contributed by atoms with Gasteiger partial charge in [-0.2, -0.15) is 0 Å². The molecule has 1 atom stereocenters. The lowest BCUT2D eigenvalue weighted by Crippen LogP contribution is -2.15. The topological polar surface area (TPSA) is 73.6 Å². The fraction of sp³-hybridized carbons (Fsp3) is 0.208. The van der Waals surface area contributed by atoms with Gasteiger partial charge < -0.3 is 9.15 Å². The summed E-state index contributed by atoms with van der Waals surface area (Å²) in [5.74, 6) is -0.804. The Balaban J connectivity index is 2.08. The number of ether oxygens (including phenoxy) is 1. The SMILES string of the molecule is CCC(C)c1cc(/C=C/C(=O)c2ccc(Cl)cc2)cc2cc(C(=O)OC)c(=O)oc12. The molecule has 154 valence electrons. The van der Waals surface area contributed by atoms with Crippen LogP contribution in [0, 0.1) is 0 Å². The number of esters is 1. The molecule has 0 bridgehead atoms. The maximum atomic E-state index is 12.4. The highest BCUT2D eigenvalue weighted by molar-refractivity contribution is 6.30. The first-order chi connectivity index (χ1) is 14.3. The van der Waals surface area contributed by atoms with Crippen molar-refractivity contribution < 1.29 is 18.7 Å². The lowest BCUT2D eigenvalue weighted by atomic mass is 9.93. The number of fused-ring (bicyclic) bond motifs is 1. The molecular weight excluding hydrogens is 404 g/mol. The summed E-state index contributed by atoms with van der Waals surface area (Å²) in [5.41, 5.74) is 1.64. The van der Waals surface area contributed by atoms with Gasteiger partial charge in [-0.15, -0.1) is 0 Å². The molecule has 0 aliphatic rings. The van der Waals surface area contributed by atoms with E-state index < -0.39 is 11.6 Å². The first-order valence-electron chi connectivity index (χ1n) is 9.52. The molecule has 0 amide bonds. The highest BCUT2D eigenvalue weighted by Gasteiger charge is 2.18. The molecule has 3 aromatic rings. The van der Waals surface area contributed by atoms with E-state index in [-0.39, 0.29) is 17.3 Å². The molecule has 1 aromatic heterocycles. The number of hydrogen-bond acceptors (Lipinski definition) is 5. The standard InChI is InChI=1S/C24H21ClO5/c1-4-14(2)19-12-15(5-10-21(26)16-6-8-18(25)9-7-16)11-17-13-20(23(27)29-3)24(28)30-22(17)19/h5-14H,4H2,1-3H3/b10-5+. The molecule has 5 nitrogen and oxygen atoms in total. The van der Waals surface area contributed by atoms with Gasteiger partial charge in [0.05, 0.1) is 7.11 Å². The number of ketones is 1. The van der Waals surface area contributed by atoms with Crippen molar-refractivity contribution in [2.45, 2.75) is 26.2 Å². The second-order valence-electron chi connectivity index (χ2n) is 6.98. The molecule has 0 fully saturated rings. The van der Waals surface area contributed by atoms with Crippen molar-refractivity contribution in [3.8, 4) is 0 Å². The minimum Gasteiger partial charge on any atom is -0.465 e. The summed E-state index contributed by atoms with van der Waals surface area (Å²) in [5, 5.41) is 1.15. The highest BCUT2D eigenvalue weighted by Crippen LogP contribution is 2.29. The van der Waals surface area contributed by atoms with E-state index in [1.807, 2.05) is 19.9 Å². The Morgan fingerprint density at radius 1 is 1.17 bits per heavy atom. The predicted octanol–water partition coefficient (Wildman–Crippen LogP) is 5.64. The number of halogens is 1. The largest absolute Gasteiger partial charge is 0.465 e. The van der Waals surface area contributed by atoms with E-state index in [1.54, 1.807) is 36.4 Å². The molecule has 1 unspecified atom stereocenters. The van der Waals surface area contributed by atoms with Gasteiger partial charge >= 0.3 is 11.6 Å². The zero-order valence-electron chi connectivity index (χ0n) is 16.9. The highest BCUT2D eigenvalue weighted by atomic mass is 35.5.